The van der Waals surface area contributed by atoms with Crippen molar-refractivity contribution < 1.29 is 9.90 Å². The van der Waals surface area contributed by atoms with Gasteiger partial charge in [-0.25, -0.2) is 9.78 Å². The lowest BCUT2D eigenvalue weighted by Crippen LogP contribution is -2.06. The zero-order valence-electron chi connectivity index (χ0n) is 13.3. The van der Waals surface area contributed by atoms with Gasteiger partial charge in [-0.15, -0.1) is 11.8 Å². The van der Waals surface area contributed by atoms with E-state index in [1.165, 1.54) is 11.1 Å². The number of aromatic nitrogens is 2. The van der Waals surface area contributed by atoms with E-state index < -0.39 is 5.97 Å². The van der Waals surface area contributed by atoms with Gasteiger partial charge < -0.3 is 9.67 Å². The second-order valence-corrected chi connectivity index (χ2v) is 6.83. The van der Waals surface area contributed by atoms with Crippen LogP contribution in [0.5, 0.6) is 0 Å². The van der Waals surface area contributed by atoms with Crippen LogP contribution in [0, 0.1) is 6.92 Å². The van der Waals surface area contributed by atoms with Gasteiger partial charge in [-0.3, -0.25) is 0 Å². The number of carbonyl (C=O) groups is 1. The molecule has 0 saturated heterocycles. The van der Waals surface area contributed by atoms with Crippen molar-refractivity contribution in [3.63, 3.8) is 0 Å². The molecule has 0 aliphatic rings. The van der Waals surface area contributed by atoms with Crippen LogP contribution in [0.15, 0.2) is 72.1 Å². The molecule has 0 aliphatic carbocycles. The Hall–Kier alpha value is -2.53. The first-order valence-corrected chi connectivity index (χ1v) is 8.53. The van der Waals surface area contributed by atoms with E-state index in [0.717, 1.165) is 11.4 Å². The van der Waals surface area contributed by atoms with Crippen molar-refractivity contribution in [1.29, 1.82) is 0 Å². The first-order valence-electron chi connectivity index (χ1n) is 7.65. The van der Waals surface area contributed by atoms with Gasteiger partial charge in [0, 0.05) is 23.8 Å². The van der Waals surface area contributed by atoms with Crippen LogP contribution in [0.3, 0.4) is 0 Å². The molecule has 24 heavy (non-hydrogen) atoms. The lowest BCUT2D eigenvalue weighted by molar-refractivity contribution is 0.0697. The minimum absolute atomic E-state index is 0.219. The van der Waals surface area contributed by atoms with E-state index in [9.17, 15) is 4.79 Å². The Balaban J connectivity index is 1.87. The van der Waals surface area contributed by atoms with Gasteiger partial charge in [0.1, 0.15) is 0 Å². The molecule has 122 valence electrons. The summed E-state index contributed by atoms with van der Waals surface area (Å²) >= 11 is 1.73. The van der Waals surface area contributed by atoms with E-state index in [1.807, 2.05) is 30.7 Å². The predicted molar refractivity (Wildman–Crippen MR) is 95.4 cm³/mol. The monoisotopic (exact) mass is 338 g/mol. The Labute approximate surface area is 145 Å². The zero-order chi connectivity index (χ0) is 16.9. The van der Waals surface area contributed by atoms with Crippen molar-refractivity contribution >= 4 is 17.7 Å². The van der Waals surface area contributed by atoms with Crippen LogP contribution < -0.4 is 0 Å². The van der Waals surface area contributed by atoms with Crippen molar-refractivity contribution in [3.05, 3.63) is 83.9 Å². The molecule has 1 atom stereocenters. The highest BCUT2D eigenvalue weighted by molar-refractivity contribution is 7.99. The maximum Gasteiger partial charge on any atom is 0.335 e. The Kier molecular flexibility index (Phi) is 5.01. The zero-order valence-corrected chi connectivity index (χ0v) is 14.1. The third-order valence-electron chi connectivity index (χ3n) is 3.85. The number of benzene rings is 2. The SMILES string of the molecule is Cc1ccccc1C(Cn1ccnc1)Sc1ccc(C(=O)O)cc1. The molecule has 0 radical (unpaired) electrons. The third kappa shape index (κ3) is 3.86. The van der Waals surface area contributed by atoms with Gasteiger partial charge in [0.2, 0.25) is 0 Å². The van der Waals surface area contributed by atoms with E-state index in [4.69, 9.17) is 5.11 Å². The number of thioether (sulfide) groups is 1. The number of nitrogens with zero attached hydrogens (tertiary/aromatic N) is 2. The highest BCUT2D eigenvalue weighted by atomic mass is 32.2. The Morgan fingerprint density at radius 3 is 2.58 bits per heavy atom. The number of aromatic carboxylic acids is 1. The Bertz CT molecular complexity index is 814. The second kappa shape index (κ2) is 7.36. The molecule has 0 amide bonds. The van der Waals surface area contributed by atoms with Gasteiger partial charge >= 0.3 is 5.97 Å². The second-order valence-electron chi connectivity index (χ2n) is 5.55. The molecule has 1 unspecified atom stereocenters. The summed E-state index contributed by atoms with van der Waals surface area (Å²) < 4.78 is 2.07. The van der Waals surface area contributed by atoms with Gasteiger partial charge in [-0.1, -0.05) is 24.3 Å². The minimum atomic E-state index is -0.902. The molecule has 1 N–H and O–H groups in total. The van der Waals surface area contributed by atoms with Gasteiger partial charge in [0.25, 0.3) is 0 Å². The van der Waals surface area contributed by atoms with Crippen LogP contribution in [0.25, 0.3) is 0 Å². The quantitative estimate of drug-likeness (QED) is 0.676. The first kappa shape index (κ1) is 16.3. The maximum absolute atomic E-state index is 11.0. The fraction of sp³-hybridized carbons (Fsp3) is 0.158. The topological polar surface area (TPSA) is 55.1 Å². The molecular weight excluding hydrogens is 320 g/mol. The van der Waals surface area contributed by atoms with Crippen molar-refractivity contribution in [2.24, 2.45) is 0 Å². The molecular formula is C19H18N2O2S. The summed E-state index contributed by atoms with van der Waals surface area (Å²) in [5, 5.41) is 9.24. The van der Waals surface area contributed by atoms with Crippen molar-refractivity contribution in [2.45, 2.75) is 23.6 Å². The standard InChI is InChI=1S/C19H18N2O2S/c1-14-4-2-3-5-17(14)18(12-21-11-10-20-13-21)24-16-8-6-15(7-9-16)19(22)23/h2-11,13,18H,12H2,1H3,(H,22,23). The minimum Gasteiger partial charge on any atom is -0.478 e. The molecule has 5 heteroatoms. The first-order chi connectivity index (χ1) is 11.6. The highest BCUT2D eigenvalue weighted by Crippen LogP contribution is 2.38. The summed E-state index contributed by atoms with van der Waals surface area (Å²) in [6.07, 6.45) is 5.56. The average molecular weight is 338 g/mol. The van der Waals surface area contributed by atoms with Gasteiger partial charge in [0.05, 0.1) is 17.1 Å². The van der Waals surface area contributed by atoms with Crippen LogP contribution >= 0.6 is 11.8 Å². The van der Waals surface area contributed by atoms with Crippen LogP contribution in [-0.4, -0.2) is 20.6 Å². The summed E-state index contributed by atoms with van der Waals surface area (Å²) in [6.45, 7) is 2.92. The van der Waals surface area contributed by atoms with Crippen LogP contribution in [0.4, 0.5) is 0 Å². The molecule has 1 aromatic heterocycles. The largest absolute Gasteiger partial charge is 0.478 e. The lowest BCUT2D eigenvalue weighted by Gasteiger charge is -2.20. The summed E-state index contributed by atoms with van der Waals surface area (Å²) in [5.41, 5.74) is 2.83. The molecule has 3 rings (SSSR count). The number of imidazole rings is 1. The normalized spacial score (nSPS) is 12.0. The van der Waals surface area contributed by atoms with E-state index >= 15 is 0 Å². The summed E-state index contributed by atoms with van der Waals surface area (Å²) in [5.74, 6) is -0.902. The smallest absolute Gasteiger partial charge is 0.335 e. The van der Waals surface area contributed by atoms with Crippen LogP contribution in [-0.2, 0) is 6.54 Å². The molecule has 0 bridgehead atoms. The summed E-state index contributed by atoms with van der Waals surface area (Å²) in [7, 11) is 0. The summed E-state index contributed by atoms with van der Waals surface area (Å²) in [6, 6.07) is 15.4. The maximum atomic E-state index is 11.0. The van der Waals surface area contributed by atoms with Crippen molar-refractivity contribution in [3.8, 4) is 0 Å². The molecule has 0 fully saturated rings. The molecule has 1 heterocycles. The molecule has 0 saturated carbocycles. The third-order valence-corrected chi connectivity index (χ3v) is 5.08. The summed E-state index contributed by atoms with van der Waals surface area (Å²) in [4.78, 5) is 16.2. The Morgan fingerprint density at radius 2 is 1.96 bits per heavy atom. The number of carboxylic acid groups (broad SMARTS) is 1. The number of aryl methyl sites for hydroxylation is 1. The molecule has 4 nitrogen and oxygen atoms in total. The number of rotatable bonds is 6. The highest BCUT2D eigenvalue weighted by Gasteiger charge is 2.16. The number of hydrogen-bond donors (Lipinski definition) is 1. The van der Waals surface area contributed by atoms with E-state index in [1.54, 1.807) is 30.1 Å². The average Bonchev–Trinajstić information content (AvgIpc) is 3.08. The van der Waals surface area contributed by atoms with Crippen molar-refractivity contribution in [1.82, 2.24) is 9.55 Å². The molecule has 0 spiro atoms. The molecule has 0 aliphatic heterocycles. The molecule has 2 aromatic carbocycles. The van der Waals surface area contributed by atoms with E-state index in [-0.39, 0.29) is 5.25 Å². The number of hydrogen-bond acceptors (Lipinski definition) is 3. The molecule has 3 aromatic rings. The fourth-order valence-electron chi connectivity index (χ4n) is 2.57. The van der Waals surface area contributed by atoms with E-state index in [0.29, 0.717) is 5.56 Å². The van der Waals surface area contributed by atoms with Gasteiger partial charge in [0.15, 0.2) is 0 Å². The van der Waals surface area contributed by atoms with Gasteiger partial charge in [-0.05, 0) is 42.3 Å². The fourth-order valence-corrected chi connectivity index (χ4v) is 3.83. The Morgan fingerprint density at radius 1 is 1.21 bits per heavy atom. The lowest BCUT2D eigenvalue weighted by atomic mass is 10.1. The van der Waals surface area contributed by atoms with E-state index in [2.05, 4.69) is 34.7 Å². The van der Waals surface area contributed by atoms with Crippen LogP contribution in [0.1, 0.15) is 26.7 Å². The van der Waals surface area contributed by atoms with Crippen molar-refractivity contribution in [2.75, 3.05) is 0 Å². The number of carboxylic acids is 1. The predicted octanol–water partition coefficient (Wildman–Crippen LogP) is 4.42. The van der Waals surface area contributed by atoms with Crippen LogP contribution in [0.2, 0.25) is 0 Å². The van der Waals surface area contributed by atoms with Gasteiger partial charge in [-0.2, -0.15) is 0 Å².